The Kier molecular flexibility index (Phi) is 13.0. The highest BCUT2D eigenvalue weighted by molar-refractivity contribution is 7.61. The Bertz CT molecular complexity index is 1630. The first-order valence-electron chi connectivity index (χ1n) is 13.3. The SMILES string of the molecule is CC(=O)N[C@H]1[C@@H](OP(=O)(O)OP(=O)(O)OC[C@H]2O[C@@H](n3ccc(=O)[nH]c3=O)[C@H](O)[C@@H]2O)O[C@H](CO)[C@@H](O)[C@@H]1O[C@@](C)(OP(=O)(O)O)C(=O)O. The van der Waals surface area contributed by atoms with Gasteiger partial charge in [0.1, 0.15) is 42.7 Å². The molecule has 29 heteroatoms. The van der Waals surface area contributed by atoms with Gasteiger partial charge in [-0.2, -0.15) is 4.31 Å². The van der Waals surface area contributed by atoms with Gasteiger partial charge in [0.15, 0.2) is 12.5 Å². The van der Waals surface area contributed by atoms with E-state index in [9.17, 15) is 68.2 Å². The molecule has 26 nitrogen and oxygen atoms in total. The van der Waals surface area contributed by atoms with Gasteiger partial charge >= 0.3 is 35.1 Å². The minimum absolute atomic E-state index is 0.468. The van der Waals surface area contributed by atoms with Gasteiger partial charge in [0.25, 0.3) is 11.3 Å². The number of aliphatic hydroxyl groups excluding tert-OH is 4. The summed E-state index contributed by atoms with van der Waals surface area (Å²) in [4.78, 5) is 87.7. The fourth-order valence-corrected chi connectivity index (χ4v) is 7.22. The van der Waals surface area contributed by atoms with Crippen molar-refractivity contribution in [1.29, 1.82) is 0 Å². The molecule has 1 aromatic rings. The lowest BCUT2D eigenvalue weighted by Crippen LogP contribution is -2.67. The number of carbonyl (C=O) groups is 2. The molecule has 2 aliphatic heterocycles. The van der Waals surface area contributed by atoms with Gasteiger partial charge in [0.05, 0.1) is 13.2 Å². The highest BCUT2D eigenvalue weighted by Crippen LogP contribution is 2.61. The van der Waals surface area contributed by atoms with Crippen LogP contribution in [0.3, 0.4) is 0 Å². The molecule has 11 N–H and O–H groups in total. The zero-order valence-corrected chi connectivity index (χ0v) is 27.5. The van der Waals surface area contributed by atoms with Crippen LogP contribution >= 0.6 is 23.5 Å². The summed E-state index contributed by atoms with van der Waals surface area (Å²) in [6.45, 7) is -1.02. The normalized spacial score (nSPS) is 32.8. The van der Waals surface area contributed by atoms with Crippen LogP contribution in [0.25, 0.3) is 0 Å². The van der Waals surface area contributed by atoms with E-state index in [1.807, 2.05) is 10.3 Å². The maximum atomic E-state index is 12.8. The molecular formula is C20H32N3O23P3. The second-order valence-corrected chi connectivity index (χ2v) is 14.5. The maximum absolute atomic E-state index is 12.8. The standard InChI is InChI=1S/C20H32N3O23P3/c1-7(25)21-11-15(43-20(2,18(30)31)45-47(33,34)35)13(28)8(5-24)42-17(11)44-49(38,39)46-48(36,37)40-6-9-12(27)14(29)16(41-9)23-4-3-10(26)22-19(23)32/h3-4,8-9,11-17,24,27-29H,5-6H2,1-2H3,(H,21,25)(H,30,31)(H,36,37)(H,38,39)(H,22,26,32)(H2,33,34,35)/t8-,9-,11-,12-,13-,14-,15-,16-,17-,20+/m1/s1. The van der Waals surface area contributed by atoms with Gasteiger partial charge in [-0.05, 0) is 0 Å². The number of carboxylic acids is 1. The molecule has 280 valence electrons. The van der Waals surface area contributed by atoms with E-state index in [4.69, 9.17) is 28.5 Å². The summed E-state index contributed by atoms with van der Waals surface area (Å²) in [7, 11) is -17.3. The first-order chi connectivity index (χ1) is 22.4. The van der Waals surface area contributed by atoms with Crippen molar-refractivity contribution in [3.8, 4) is 0 Å². The number of amides is 1. The molecule has 2 fully saturated rings. The maximum Gasteiger partial charge on any atom is 0.483 e. The third-order valence-corrected chi connectivity index (χ3v) is 9.76. The van der Waals surface area contributed by atoms with Crippen molar-refractivity contribution in [2.45, 2.75) is 74.8 Å². The van der Waals surface area contributed by atoms with Crippen molar-refractivity contribution in [3.63, 3.8) is 0 Å². The highest BCUT2D eigenvalue weighted by Gasteiger charge is 2.55. The number of ether oxygens (including phenoxy) is 3. The van der Waals surface area contributed by atoms with E-state index in [2.05, 4.69) is 13.4 Å². The first-order valence-corrected chi connectivity index (χ1v) is 17.8. The van der Waals surface area contributed by atoms with Gasteiger partial charge < -0.3 is 64.6 Å². The number of phosphoric acid groups is 3. The zero-order valence-electron chi connectivity index (χ0n) is 24.8. The Balaban J connectivity index is 1.79. The van der Waals surface area contributed by atoms with Crippen LogP contribution in [0, 0.1) is 0 Å². The monoisotopic (exact) mass is 775 g/mol. The number of hydrogen-bond acceptors (Lipinski definition) is 18. The number of phosphoric ester groups is 3. The Morgan fingerprint density at radius 3 is 2.18 bits per heavy atom. The first kappa shape index (κ1) is 41.1. The molecule has 0 aromatic carbocycles. The molecule has 3 rings (SSSR count). The molecule has 49 heavy (non-hydrogen) atoms. The molecule has 1 aromatic heterocycles. The van der Waals surface area contributed by atoms with Crippen molar-refractivity contribution in [1.82, 2.24) is 14.9 Å². The Morgan fingerprint density at radius 1 is 1.02 bits per heavy atom. The molecule has 3 heterocycles. The van der Waals surface area contributed by atoms with Crippen LogP contribution in [0.5, 0.6) is 0 Å². The molecule has 2 saturated heterocycles. The predicted octanol–water partition coefficient (Wildman–Crippen LogP) is -4.72. The van der Waals surface area contributed by atoms with Crippen molar-refractivity contribution in [3.05, 3.63) is 33.1 Å². The van der Waals surface area contributed by atoms with Gasteiger partial charge in [-0.1, -0.05) is 0 Å². The number of carbonyl (C=O) groups excluding carboxylic acids is 1. The Hall–Kier alpha value is -2.29. The summed E-state index contributed by atoms with van der Waals surface area (Å²) in [5, 5.41) is 52.4. The Labute approximate surface area is 272 Å². The number of carboxylic acid groups (broad SMARTS) is 1. The molecule has 0 bridgehead atoms. The van der Waals surface area contributed by atoms with Crippen LogP contribution in [0.1, 0.15) is 20.1 Å². The molecule has 0 aliphatic carbocycles. The van der Waals surface area contributed by atoms with E-state index in [1.54, 1.807) is 0 Å². The quantitative estimate of drug-likeness (QED) is 0.0589. The van der Waals surface area contributed by atoms with E-state index < -0.39 is 121 Å². The van der Waals surface area contributed by atoms with Crippen molar-refractivity contribution < 1.29 is 100 Å². The second kappa shape index (κ2) is 15.5. The smallest absolute Gasteiger partial charge is 0.477 e. The number of aliphatic hydroxyl groups is 4. The van der Waals surface area contributed by atoms with Crippen LogP contribution in [0.15, 0.2) is 21.9 Å². The molecule has 2 unspecified atom stereocenters. The van der Waals surface area contributed by atoms with Gasteiger partial charge in [-0.25, -0.2) is 27.8 Å². The average Bonchev–Trinajstić information content (AvgIpc) is 3.22. The van der Waals surface area contributed by atoms with Gasteiger partial charge in [-0.15, -0.1) is 0 Å². The molecule has 12 atom stereocenters. The molecule has 0 saturated carbocycles. The van der Waals surface area contributed by atoms with E-state index in [0.29, 0.717) is 11.5 Å². The summed E-state index contributed by atoms with van der Waals surface area (Å²) in [6, 6.07) is -1.23. The molecule has 1 amide bonds. The van der Waals surface area contributed by atoms with E-state index >= 15 is 0 Å². The van der Waals surface area contributed by atoms with Gasteiger partial charge in [0.2, 0.25) is 5.91 Å². The molecule has 0 radical (unpaired) electrons. The summed E-state index contributed by atoms with van der Waals surface area (Å²) >= 11 is 0. The molecule has 2 aliphatic rings. The lowest BCUT2D eigenvalue weighted by Gasteiger charge is -2.45. The van der Waals surface area contributed by atoms with Crippen molar-refractivity contribution in [2.24, 2.45) is 0 Å². The third-order valence-electron chi connectivity index (χ3n) is 6.57. The topological polar surface area (TPSA) is 399 Å². The summed E-state index contributed by atoms with van der Waals surface area (Å²) < 4.78 is 70.7. The number of rotatable bonds is 15. The minimum Gasteiger partial charge on any atom is -0.477 e. The summed E-state index contributed by atoms with van der Waals surface area (Å²) in [5.41, 5.74) is -1.86. The fraction of sp³-hybridized carbons (Fsp3) is 0.700. The highest BCUT2D eigenvalue weighted by atomic mass is 31.3. The number of nitrogens with zero attached hydrogens (tertiary/aromatic N) is 1. The summed E-state index contributed by atoms with van der Waals surface area (Å²) in [6.07, 6.45) is -15.0. The van der Waals surface area contributed by atoms with Gasteiger partial charge in [0, 0.05) is 26.1 Å². The van der Waals surface area contributed by atoms with Gasteiger partial charge in [-0.3, -0.25) is 28.2 Å². The van der Waals surface area contributed by atoms with Crippen molar-refractivity contribution in [2.75, 3.05) is 13.2 Å². The predicted molar refractivity (Wildman–Crippen MR) is 148 cm³/mol. The number of H-pyrrole nitrogens is 1. The number of aliphatic carboxylic acids is 1. The summed E-state index contributed by atoms with van der Waals surface area (Å²) in [5.74, 6) is -6.53. The lowest BCUT2D eigenvalue weighted by atomic mass is 9.96. The van der Waals surface area contributed by atoms with E-state index in [-0.39, 0.29) is 0 Å². The average molecular weight is 775 g/mol. The molecule has 0 spiro atoms. The number of aromatic nitrogens is 2. The Morgan fingerprint density at radius 2 is 1.65 bits per heavy atom. The number of aromatic amines is 1. The van der Waals surface area contributed by atoms with Crippen molar-refractivity contribution >= 4 is 35.3 Å². The largest absolute Gasteiger partial charge is 0.483 e. The fourth-order valence-electron chi connectivity index (χ4n) is 4.48. The van der Waals surface area contributed by atoms with Crippen LogP contribution in [0.4, 0.5) is 0 Å². The second-order valence-electron chi connectivity index (χ2n) is 10.3. The molecular weight excluding hydrogens is 743 g/mol. The third kappa shape index (κ3) is 10.6. The van der Waals surface area contributed by atoms with Crippen LogP contribution in [-0.2, 0) is 55.4 Å². The van der Waals surface area contributed by atoms with Crippen LogP contribution in [0.2, 0.25) is 0 Å². The van der Waals surface area contributed by atoms with Crippen LogP contribution in [-0.4, -0.2) is 134 Å². The van der Waals surface area contributed by atoms with Crippen LogP contribution < -0.4 is 16.6 Å². The lowest BCUT2D eigenvalue weighted by molar-refractivity contribution is -0.297. The number of hydrogen-bond donors (Lipinski definition) is 11. The van der Waals surface area contributed by atoms with E-state index in [0.717, 1.165) is 19.2 Å². The minimum atomic E-state index is -5.95. The number of nitrogens with one attached hydrogen (secondary N) is 2. The zero-order chi connectivity index (χ0) is 37.3. The van der Waals surface area contributed by atoms with E-state index in [1.165, 1.54) is 0 Å².